The molecular formula is C19H22N2O5. The fourth-order valence-corrected chi connectivity index (χ4v) is 2.20. The van der Waals surface area contributed by atoms with E-state index in [0.29, 0.717) is 5.75 Å². The summed E-state index contributed by atoms with van der Waals surface area (Å²) >= 11 is 0. The first-order valence-corrected chi connectivity index (χ1v) is 8.09. The number of carboxylic acids is 1. The summed E-state index contributed by atoms with van der Waals surface area (Å²) in [5.41, 5.74) is 1.81. The van der Waals surface area contributed by atoms with Gasteiger partial charge in [-0.15, -0.1) is 0 Å². The first-order chi connectivity index (χ1) is 12.2. The highest BCUT2D eigenvalue weighted by atomic mass is 16.6. The Morgan fingerprint density at radius 1 is 1.15 bits per heavy atom. The molecular weight excluding hydrogens is 336 g/mol. The number of nitrogens with zero attached hydrogens (tertiary/aromatic N) is 1. The third-order valence-corrected chi connectivity index (χ3v) is 3.22. The second-order valence-electron chi connectivity index (χ2n) is 6.60. The number of pyridine rings is 1. The molecule has 7 nitrogen and oxygen atoms in total. The number of amides is 1. The summed E-state index contributed by atoms with van der Waals surface area (Å²) in [6.45, 7) is 5.22. The predicted molar refractivity (Wildman–Crippen MR) is 95.9 cm³/mol. The number of alkyl carbamates (subject to hydrolysis) is 1. The van der Waals surface area contributed by atoms with Gasteiger partial charge in [-0.2, -0.15) is 0 Å². The number of aliphatic carboxylic acids is 1. The third kappa shape index (κ3) is 6.08. The number of carbonyl (C=O) groups is 2. The summed E-state index contributed by atoms with van der Waals surface area (Å²) in [6, 6.07) is 8.88. The zero-order valence-corrected chi connectivity index (χ0v) is 15.0. The van der Waals surface area contributed by atoms with Gasteiger partial charge in [0.1, 0.15) is 11.4 Å². The molecule has 7 heteroatoms. The Balaban J connectivity index is 2.19. The van der Waals surface area contributed by atoms with Crippen molar-refractivity contribution in [1.29, 1.82) is 0 Å². The maximum Gasteiger partial charge on any atom is 0.407 e. The van der Waals surface area contributed by atoms with Gasteiger partial charge in [0.15, 0.2) is 6.61 Å². The molecule has 0 aliphatic carbocycles. The molecule has 2 N–H and O–H groups in total. The molecule has 1 amide bonds. The first-order valence-electron chi connectivity index (χ1n) is 8.09. The van der Waals surface area contributed by atoms with Crippen LogP contribution in [0, 0.1) is 0 Å². The van der Waals surface area contributed by atoms with E-state index in [-0.39, 0.29) is 6.54 Å². The van der Waals surface area contributed by atoms with Gasteiger partial charge in [-0.3, -0.25) is 4.98 Å². The molecule has 138 valence electrons. The summed E-state index contributed by atoms with van der Waals surface area (Å²) in [5, 5.41) is 11.5. The van der Waals surface area contributed by atoms with Crippen LogP contribution in [0.1, 0.15) is 26.3 Å². The molecule has 0 unspecified atom stereocenters. The van der Waals surface area contributed by atoms with Crippen molar-refractivity contribution in [2.24, 2.45) is 0 Å². The Kier molecular flexibility index (Phi) is 6.16. The molecule has 0 spiro atoms. The lowest BCUT2D eigenvalue weighted by Crippen LogP contribution is -2.32. The molecule has 2 rings (SSSR count). The molecule has 0 radical (unpaired) electrons. The van der Waals surface area contributed by atoms with Crippen molar-refractivity contribution in [3.63, 3.8) is 0 Å². The first kappa shape index (κ1) is 19.2. The molecule has 1 heterocycles. The Bertz CT molecular complexity index is 769. The molecule has 0 aliphatic rings. The SMILES string of the molecule is CC(C)(C)OC(=O)NCc1ccc(OCC(=O)O)c(-c2ccncc2)c1. The van der Waals surface area contributed by atoms with E-state index >= 15 is 0 Å². The number of nitrogens with one attached hydrogen (secondary N) is 1. The Labute approximate surface area is 152 Å². The smallest absolute Gasteiger partial charge is 0.407 e. The highest BCUT2D eigenvalue weighted by molar-refractivity contribution is 5.73. The van der Waals surface area contributed by atoms with Gasteiger partial charge >= 0.3 is 12.1 Å². The molecule has 0 atom stereocenters. The van der Waals surface area contributed by atoms with E-state index in [1.165, 1.54) is 0 Å². The highest BCUT2D eigenvalue weighted by Crippen LogP contribution is 2.31. The van der Waals surface area contributed by atoms with E-state index in [1.54, 1.807) is 57.4 Å². The third-order valence-electron chi connectivity index (χ3n) is 3.22. The fourth-order valence-electron chi connectivity index (χ4n) is 2.20. The Morgan fingerprint density at radius 2 is 1.85 bits per heavy atom. The van der Waals surface area contributed by atoms with Crippen molar-refractivity contribution < 1.29 is 24.2 Å². The monoisotopic (exact) mass is 358 g/mol. The van der Waals surface area contributed by atoms with Gasteiger partial charge in [-0.1, -0.05) is 6.07 Å². The van der Waals surface area contributed by atoms with Crippen LogP contribution in [-0.4, -0.2) is 34.4 Å². The largest absolute Gasteiger partial charge is 0.481 e. The normalized spacial score (nSPS) is 10.9. The predicted octanol–water partition coefficient (Wildman–Crippen LogP) is 3.24. The zero-order valence-electron chi connectivity index (χ0n) is 15.0. The lowest BCUT2D eigenvalue weighted by Gasteiger charge is -2.20. The molecule has 0 fully saturated rings. The van der Waals surface area contributed by atoms with Crippen molar-refractivity contribution in [3.05, 3.63) is 48.3 Å². The van der Waals surface area contributed by atoms with Crippen molar-refractivity contribution in [1.82, 2.24) is 10.3 Å². The number of carboxylic acid groups (broad SMARTS) is 1. The number of rotatable bonds is 6. The summed E-state index contributed by atoms with van der Waals surface area (Å²) in [5.74, 6) is -0.610. The summed E-state index contributed by atoms with van der Waals surface area (Å²) in [7, 11) is 0. The lowest BCUT2D eigenvalue weighted by atomic mass is 10.0. The molecule has 0 bridgehead atoms. The van der Waals surface area contributed by atoms with Gasteiger partial charge in [-0.05, 0) is 56.2 Å². The van der Waals surface area contributed by atoms with Crippen molar-refractivity contribution >= 4 is 12.1 Å². The van der Waals surface area contributed by atoms with E-state index in [4.69, 9.17) is 14.6 Å². The number of ether oxygens (including phenoxy) is 2. The van der Waals surface area contributed by atoms with Crippen LogP contribution in [-0.2, 0) is 16.1 Å². The van der Waals surface area contributed by atoms with E-state index in [0.717, 1.165) is 16.7 Å². The van der Waals surface area contributed by atoms with Gasteiger partial charge in [0.2, 0.25) is 0 Å². The topological polar surface area (TPSA) is 97.8 Å². The number of carbonyl (C=O) groups excluding carboxylic acids is 1. The highest BCUT2D eigenvalue weighted by Gasteiger charge is 2.16. The fraction of sp³-hybridized carbons (Fsp3) is 0.316. The van der Waals surface area contributed by atoms with E-state index in [9.17, 15) is 9.59 Å². The summed E-state index contributed by atoms with van der Waals surface area (Å²) < 4.78 is 10.6. The number of hydrogen-bond donors (Lipinski definition) is 2. The number of benzene rings is 1. The molecule has 0 aliphatic heterocycles. The van der Waals surface area contributed by atoms with E-state index in [1.807, 2.05) is 6.07 Å². The van der Waals surface area contributed by atoms with E-state index in [2.05, 4.69) is 10.3 Å². The Morgan fingerprint density at radius 3 is 2.46 bits per heavy atom. The summed E-state index contributed by atoms with van der Waals surface area (Å²) in [6.07, 6.45) is 2.78. The van der Waals surface area contributed by atoms with Crippen molar-refractivity contribution in [2.75, 3.05) is 6.61 Å². The zero-order chi connectivity index (χ0) is 19.2. The Hall–Kier alpha value is -3.09. The molecule has 1 aromatic carbocycles. The minimum absolute atomic E-state index is 0.270. The van der Waals surface area contributed by atoms with Gasteiger partial charge in [-0.25, -0.2) is 9.59 Å². The molecule has 0 saturated carbocycles. The van der Waals surface area contributed by atoms with Crippen LogP contribution < -0.4 is 10.1 Å². The van der Waals surface area contributed by atoms with Crippen molar-refractivity contribution in [3.8, 4) is 16.9 Å². The number of hydrogen-bond acceptors (Lipinski definition) is 5. The van der Waals surface area contributed by atoms with Crippen LogP contribution in [0.15, 0.2) is 42.7 Å². The molecule has 2 aromatic rings. The van der Waals surface area contributed by atoms with Crippen molar-refractivity contribution in [2.45, 2.75) is 32.9 Å². The van der Waals surface area contributed by atoms with Crippen LogP contribution in [0.5, 0.6) is 5.75 Å². The van der Waals surface area contributed by atoms with Crippen LogP contribution in [0.4, 0.5) is 4.79 Å². The maximum absolute atomic E-state index is 11.8. The molecule has 26 heavy (non-hydrogen) atoms. The second kappa shape index (κ2) is 8.33. The number of aromatic nitrogens is 1. The van der Waals surface area contributed by atoms with Crippen LogP contribution >= 0.6 is 0 Å². The van der Waals surface area contributed by atoms with Gasteiger partial charge in [0.25, 0.3) is 0 Å². The molecule has 0 saturated heterocycles. The van der Waals surface area contributed by atoms with Crippen LogP contribution in [0.3, 0.4) is 0 Å². The van der Waals surface area contributed by atoms with E-state index < -0.39 is 24.3 Å². The van der Waals surface area contributed by atoms with Crippen LogP contribution in [0.2, 0.25) is 0 Å². The lowest BCUT2D eigenvalue weighted by molar-refractivity contribution is -0.139. The average Bonchev–Trinajstić information content (AvgIpc) is 2.57. The van der Waals surface area contributed by atoms with Gasteiger partial charge < -0.3 is 19.9 Å². The van der Waals surface area contributed by atoms with Gasteiger partial charge in [0, 0.05) is 24.5 Å². The quantitative estimate of drug-likeness (QED) is 0.823. The summed E-state index contributed by atoms with van der Waals surface area (Å²) in [4.78, 5) is 26.6. The standard InChI is InChI=1S/C19H22N2O5/c1-19(2,3)26-18(24)21-11-13-4-5-16(25-12-17(22)23)15(10-13)14-6-8-20-9-7-14/h4-10H,11-12H2,1-3H3,(H,21,24)(H,22,23). The molecule has 1 aromatic heterocycles. The van der Waals surface area contributed by atoms with Crippen LogP contribution in [0.25, 0.3) is 11.1 Å². The average molecular weight is 358 g/mol. The maximum atomic E-state index is 11.8. The minimum atomic E-state index is -1.05. The second-order valence-corrected chi connectivity index (χ2v) is 6.60. The minimum Gasteiger partial charge on any atom is -0.481 e. The van der Waals surface area contributed by atoms with Gasteiger partial charge in [0.05, 0.1) is 0 Å².